The van der Waals surface area contributed by atoms with Gasteiger partial charge in [0.15, 0.2) is 5.66 Å². The van der Waals surface area contributed by atoms with Crippen LogP contribution in [0.15, 0.2) is 35.3 Å². The van der Waals surface area contributed by atoms with E-state index in [4.69, 9.17) is 11.5 Å². The highest BCUT2D eigenvalue weighted by molar-refractivity contribution is 6.02. The van der Waals surface area contributed by atoms with Gasteiger partial charge in [-0.3, -0.25) is 14.7 Å². The summed E-state index contributed by atoms with van der Waals surface area (Å²) < 4.78 is 0. The van der Waals surface area contributed by atoms with Crippen LogP contribution in [-0.4, -0.2) is 46.6 Å². The second-order valence-electron chi connectivity index (χ2n) is 5.88. The van der Waals surface area contributed by atoms with E-state index in [9.17, 15) is 9.90 Å². The molecule has 0 saturated heterocycles. The molecule has 22 heavy (non-hydrogen) atoms. The third-order valence-corrected chi connectivity index (χ3v) is 4.06. The number of nitrogens with zero attached hydrogens (tertiary/aromatic N) is 2. The van der Waals surface area contributed by atoms with Gasteiger partial charge < -0.3 is 16.6 Å². The first-order chi connectivity index (χ1) is 10.4. The summed E-state index contributed by atoms with van der Waals surface area (Å²) in [6.45, 7) is 2.06. The Balaban J connectivity index is 2.11. The molecule has 0 aromatic heterocycles. The minimum absolute atomic E-state index is 0.0693. The maximum absolute atomic E-state index is 11.7. The van der Waals surface area contributed by atoms with Crippen LogP contribution in [0.25, 0.3) is 0 Å². The van der Waals surface area contributed by atoms with Crippen molar-refractivity contribution >= 4 is 12.1 Å². The SMILES string of the molecule is CC(O)CC(CCc1ccccc1)N1CN=CC1(N)C(N)=O. The van der Waals surface area contributed by atoms with Crippen molar-refractivity contribution in [2.75, 3.05) is 6.67 Å². The zero-order valence-electron chi connectivity index (χ0n) is 12.9. The van der Waals surface area contributed by atoms with Gasteiger partial charge in [0.1, 0.15) is 0 Å². The van der Waals surface area contributed by atoms with Crippen LogP contribution in [0, 0.1) is 0 Å². The van der Waals surface area contributed by atoms with E-state index in [1.807, 2.05) is 18.2 Å². The highest BCUT2D eigenvalue weighted by Gasteiger charge is 2.44. The van der Waals surface area contributed by atoms with Crippen molar-refractivity contribution in [3.8, 4) is 0 Å². The number of aliphatic hydroxyl groups is 1. The van der Waals surface area contributed by atoms with Crippen molar-refractivity contribution in [1.82, 2.24) is 4.90 Å². The van der Waals surface area contributed by atoms with Gasteiger partial charge in [-0.15, -0.1) is 0 Å². The summed E-state index contributed by atoms with van der Waals surface area (Å²) >= 11 is 0. The molecule has 1 aromatic rings. The maximum atomic E-state index is 11.7. The standard InChI is InChI=1S/C16H24N4O2/c1-12(21)9-14(8-7-13-5-3-2-4-6-13)20-11-19-10-16(20,18)15(17)22/h2-6,10,12,14,21H,7-9,11,18H2,1H3,(H2,17,22). The number of amides is 1. The molecule has 5 N–H and O–H groups in total. The number of aryl methyl sites for hydroxylation is 1. The molecule has 1 aromatic carbocycles. The molecule has 0 bridgehead atoms. The lowest BCUT2D eigenvalue weighted by molar-refractivity contribution is -0.126. The maximum Gasteiger partial charge on any atom is 0.258 e. The van der Waals surface area contributed by atoms with Gasteiger partial charge in [-0.1, -0.05) is 30.3 Å². The third-order valence-electron chi connectivity index (χ3n) is 4.06. The Kier molecular flexibility index (Phi) is 5.28. The Morgan fingerprint density at radius 2 is 2.14 bits per heavy atom. The third kappa shape index (κ3) is 3.71. The molecule has 0 radical (unpaired) electrons. The molecule has 1 aliphatic heterocycles. The van der Waals surface area contributed by atoms with Gasteiger partial charge in [0.05, 0.1) is 12.8 Å². The van der Waals surface area contributed by atoms with Gasteiger partial charge in [-0.05, 0) is 31.7 Å². The highest BCUT2D eigenvalue weighted by atomic mass is 16.3. The molecule has 0 spiro atoms. The van der Waals surface area contributed by atoms with Gasteiger partial charge in [-0.25, -0.2) is 0 Å². The van der Waals surface area contributed by atoms with Gasteiger partial charge in [0.25, 0.3) is 5.91 Å². The molecule has 3 atom stereocenters. The molecular formula is C16H24N4O2. The number of primary amides is 1. The Morgan fingerprint density at radius 3 is 2.73 bits per heavy atom. The molecule has 2 rings (SSSR count). The summed E-state index contributed by atoms with van der Waals surface area (Å²) in [5, 5.41) is 9.76. The van der Waals surface area contributed by atoms with Crippen molar-refractivity contribution in [2.24, 2.45) is 16.5 Å². The van der Waals surface area contributed by atoms with Crippen LogP contribution in [-0.2, 0) is 11.2 Å². The largest absolute Gasteiger partial charge is 0.393 e. The predicted octanol–water partition coefficient (Wildman–Crippen LogP) is 0.243. The number of hydrogen-bond donors (Lipinski definition) is 3. The Morgan fingerprint density at radius 1 is 1.45 bits per heavy atom. The number of rotatable bonds is 7. The van der Waals surface area contributed by atoms with Crippen molar-refractivity contribution in [3.05, 3.63) is 35.9 Å². The average Bonchev–Trinajstić information content (AvgIpc) is 2.87. The quantitative estimate of drug-likeness (QED) is 0.671. The van der Waals surface area contributed by atoms with Crippen LogP contribution >= 0.6 is 0 Å². The van der Waals surface area contributed by atoms with Gasteiger partial charge in [0, 0.05) is 12.3 Å². The number of benzene rings is 1. The van der Waals surface area contributed by atoms with E-state index in [1.165, 1.54) is 11.8 Å². The number of aliphatic imine (C=N–C) groups is 1. The summed E-state index contributed by atoms with van der Waals surface area (Å²) in [6, 6.07) is 10.0. The Bertz CT molecular complexity index is 532. The molecule has 1 heterocycles. The number of hydrogen-bond acceptors (Lipinski definition) is 5. The van der Waals surface area contributed by atoms with Crippen molar-refractivity contribution in [3.63, 3.8) is 0 Å². The molecular weight excluding hydrogens is 280 g/mol. The second kappa shape index (κ2) is 7.00. The number of carbonyl (C=O) groups excluding carboxylic acids is 1. The summed E-state index contributed by atoms with van der Waals surface area (Å²) in [5.74, 6) is -0.621. The first kappa shape index (κ1) is 16.6. The molecule has 1 amide bonds. The molecule has 0 saturated carbocycles. The van der Waals surface area contributed by atoms with Gasteiger partial charge >= 0.3 is 0 Å². The molecule has 0 fully saturated rings. The summed E-state index contributed by atoms with van der Waals surface area (Å²) in [6.07, 6.45) is 3.04. The van der Waals surface area contributed by atoms with E-state index in [-0.39, 0.29) is 6.04 Å². The lowest BCUT2D eigenvalue weighted by Gasteiger charge is -2.37. The van der Waals surface area contributed by atoms with Crippen molar-refractivity contribution in [1.29, 1.82) is 0 Å². The molecule has 1 aliphatic rings. The number of aliphatic hydroxyl groups excluding tert-OH is 1. The zero-order valence-corrected chi connectivity index (χ0v) is 12.9. The average molecular weight is 304 g/mol. The minimum atomic E-state index is -1.36. The fourth-order valence-electron chi connectivity index (χ4n) is 2.85. The van der Waals surface area contributed by atoms with Crippen LogP contribution < -0.4 is 11.5 Å². The molecule has 120 valence electrons. The first-order valence-corrected chi connectivity index (χ1v) is 7.52. The van der Waals surface area contributed by atoms with Crippen LogP contribution in [0.4, 0.5) is 0 Å². The lowest BCUT2D eigenvalue weighted by Crippen LogP contribution is -2.65. The van der Waals surface area contributed by atoms with E-state index in [0.717, 1.165) is 12.8 Å². The smallest absolute Gasteiger partial charge is 0.258 e. The van der Waals surface area contributed by atoms with Gasteiger partial charge in [-0.2, -0.15) is 0 Å². The summed E-state index contributed by atoms with van der Waals surface area (Å²) in [5.41, 5.74) is 11.4. The Hall–Kier alpha value is -1.76. The van der Waals surface area contributed by atoms with E-state index in [0.29, 0.717) is 13.1 Å². The molecule has 3 unspecified atom stereocenters. The van der Waals surface area contributed by atoms with E-state index >= 15 is 0 Å². The van der Waals surface area contributed by atoms with Crippen LogP contribution in [0.2, 0.25) is 0 Å². The van der Waals surface area contributed by atoms with Crippen molar-refractivity contribution < 1.29 is 9.90 Å². The van der Waals surface area contributed by atoms with Crippen LogP contribution in [0.5, 0.6) is 0 Å². The monoisotopic (exact) mass is 304 g/mol. The summed E-state index contributed by atoms with van der Waals surface area (Å²) in [4.78, 5) is 17.6. The zero-order chi connectivity index (χ0) is 16.2. The fraction of sp³-hybridized carbons (Fsp3) is 0.500. The number of carbonyl (C=O) groups is 1. The minimum Gasteiger partial charge on any atom is -0.393 e. The van der Waals surface area contributed by atoms with Crippen LogP contribution in [0.3, 0.4) is 0 Å². The molecule has 6 nitrogen and oxygen atoms in total. The van der Waals surface area contributed by atoms with Gasteiger partial charge in [0.2, 0.25) is 0 Å². The topological polar surface area (TPSA) is 105 Å². The first-order valence-electron chi connectivity index (χ1n) is 7.52. The second-order valence-corrected chi connectivity index (χ2v) is 5.88. The predicted molar refractivity (Wildman–Crippen MR) is 86.2 cm³/mol. The van der Waals surface area contributed by atoms with E-state index in [1.54, 1.807) is 11.8 Å². The Labute approximate surface area is 130 Å². The normalized spacial score (nSPS) is 24.3. The fourth-order valence-corrected chi connectivity index (χ4v) is 2.85. The van der Waals surface area contributed by atoms with Crippen molar-refractivity contribution in [2.45, 2.75) is 44.0 Å². The molecule has 0 aliphatic carbocycles. The van der Waals surface area contributed by atoms with E-state index in [2.05, 4.69) is 17.1 Å². The summed E-state index contributed by atoms with van der Waals surface area (Å²) in [7, 11) is 0. The lowest BCUT2D eigenvalue weighted by atomic mass is 9.97. The molecule has 6 heteroatoms. The highest BCUT2D eigenvalue weighted by Crippen LogP contribution is 2.23. The number of nitrogens with two attached hydrogens (primary N) is 2. The van der Waals surface area contributed by atoms with Crippen LogP contribution in [0.1, 0.15) is 25.3 Å². The van der Waals surface area contributed by atoms with E-state index < -0.39 is 17.7 Å².